The highest BCUT2D eigenvalue weighted by Crippen LogP contribution is 2.47. The summed E-state index contributed by atoms with van der Waals surface area (Å²) in [6, 6.07) is 0. The van der Waals surface area contributed by atoms with Crippen LogP contribution in [-0.2, 0) is 32.7 Å². The Bertz CT molecular complexity index is 1190. The van der Waals surface area contributed by atoms with Crippen molar-refractivity contribution >= 4 is 19.8 Å². The Morgan fingerprint density at radius 3 is 0.971 bits per heavy atom. The third-order valence-electron chi connectivity index (χ3n) is 13.7. The molecule has 0 aromatic rings. The van der Waals surface area contributed by atoms with Crippen molar-refractivity contribution in [3.05, 3.63) is 0 Å². The van der Waals surface area contributed by atoms with Gasteiger partial charge in [-0.3, -0.25) is 18.6 Å². The second kappa shape index (κ2) is 44.5. The molecule has 404 valence electrons. The van der Waals surface area contributed by atoms with Crippen molar-refractivity contribution in [2.75, 3.05) is 13.2 Å². The van der Waals surface area contributed by atoms with Crippen molar-refractivity contribution in [1.29, 1.82) is 0 Å². The van der Waals surface area contributed by atoms with Gasteiger partial charge in [0, 0.05) is 12.8 Å². The number of carbonyl (C=O) groups is 2. The number of aliphatic hydroxyl groups is 5. The zero-order chi connectivity index (χ0) is 49.9. The highest BCUT2D eigenvalue weighted by molar-refractivity contribution is 7.47. The maximum Gasteiger partial charge on any atom is 0.472 e. The average Bonchev–Trinajstić information content (AvgIpc) is 3.32. The number of aliphatic hydroxyl groups excluding tert-OH is 5. The van der Waals surface area contributed by atoms with E-state index in [2.05, 4.69) is 13.8 Å². The molecule has 1 fully saturated rings. The van der Waals surface area contributed by atoms with Crippen LogP contribution in [0, 0.1) is 0 Å². The molecule has 14 heteroatoms. The van der Waals surface area contributed by atoms with Crippen LogP contribution in [0.1, 0.15) is 277 Å². The van der Waals surface area contributed by atoms with Gasteiger partial charge >= 0.3 is 19.8 Å². The fourth-order valence-electron chi connectivity index (χ4n) is 9.17. The Morgan fingerprint density at radius 2 is 0.662 bits per heavy atom. The fraction of sp³-hybridized carbons (Fsp3) is 0.963. The highest BCUT2D eigenvalue weighted by atomic mass is 31.2. The average molecular weight is 993 g/mol. The van der Waals surface area contributed by atoms with E-state index in [-0.39, 0.29) is 12.8 Å². The van der Waals surface area contributed by atoms with Gasteiger partial charge in [-0.25, -0.2) is 4.57 Å². The van der Waals surface area contributed by atoms with Crippen LogP contribution in [0.2, 0.25) is 0 Å². The number of esters is 2. The summed E-state index contributed by atoms with van der Waals surface area (Å²) in [6.45, 7) is 3.37. The van der Waals surface area contributed by atoms with E-state index in [0.717, 1.165) is 38.5 Å². The molecule has 68 heavy (non-hydrogen) atoms. The minimum absolute atomic E-state index is 0.106. The largest absolute Gasteiger partial charge is 0.472 e. The first-order valence-corrected chi connectivity index (χ1v) is 29.8. The van der Waals surface area contributed by atoms with Gasteiger partial charge in [0.1, 0.15) is 43.2 Å². The molecule has 1 saturated carbocycles. The molecular formula is C54H105O13P. The van der Waals surface area contributed by atoms with Crippen LogP contribution in [0.25, 0.3) is 0 Å². The van der Waals surface area contributed by atoms with Gasteiger partial charge < -0.3 is 39.9 Å². The van der Waals surface area contributed by atoms with Crippen LogP contribution < -0.4 is 0 Å². The summed E-state index contributed by atoms with van der Waals surface area (Å²) < 4.78 is 33.7. The molecule has 1 aliphatic carbocycles. The van der Waals surface area contributed by atoms with E-state index in [1.807, 2.05) is 0 Å². The lowest BCUT2D eigenvalue weighted by atomic mass is 9.85. The second-order valence-corrected chi connectivity index (χ2v) is 21.6. The quantitative estimate of drug-likeness (QED) is 0.0191. The molecule has 0 aromatic heterocycles. The van der Waals surface area contributed by atoms with Crippen LogP contribution >= 0.6 is 7.82 Å². The fourth-order valence-corrected chi connectivity index (χ4v) is 10.1. The molecule has 0 radical (unpaired) electrons. The highest BCUT2D eigenvalue weighted by Gasteiger charge is 2.51. The molecule has 0 bridgehead atoms. The molecule has 0 spiro atoms. The number of phosphoric ester groups is 1. The predicted molar refractivity (Wildman–Crippen MR) is 272 cm³/mol. The standard InChI is InChI=1S/C54H105O13P/c1-3-5-7-9-11-13-15-17-19-21-23-24-25-27-29-31-33-35-37-39-41-43-48(56)66-46(45-65-68(62,63)67-54-52(60)50(58)49(57)51(59)53(54)61)44-64-47(55)42-40-38-36-34-32-30-28-26-22-20-18-16-14-12-10-8-6-4-2/h46,49-54,57-61H,3-45H2,1-2H3,(H,62,63)/t46-,49?,50-,51?,52?,53?,54?/m1/s1. The van der Waals surface area contributed by atoms with Gasteiger partial charge in [-0.2, -0.15) is 0 Å². The van der Waals surface area contributed by atoms with Gasteiger partial charge in [0.05, 0.1) is 6.61 Å². The smallest absolute Gasteiger partial charge is 0.462 e. The topological polar surface area (TPSA) is 210 Å². The van der Waals surface area contributed by atoms with E-state index in [1.165, 1.54) is 199 Å². The van der Waals surface area contributed by atoms with E-state index in [9.17, 15) is 44.6 Å². The number of phosphoric acid groups is 1. The SMILES string of the molecule is CCCCCCCCCCCCCCCCCCCCCCCC(=O)O[C@H](COC(=O)CCCCCCCCCCCCCCCCCCCC)COP(=O)(O)OC1C(O)C(O)C(O)[C@@H](O)C1O. The molecule has 1 rings (SSSR count). The number of hydrogen-bond donors (Lipinski definition) is 6. The lowest BCUT2D eigenvalue weighted by Gasteiger charge is -2.41. The number of carbonyl (C=O) groups excluding carboxylic acids is 2. The Morgan fingerprint density at radius 1 is 0.397 bits per heavy atom. The van der Waals surface area contributed by atoms with Gasteiger partial charge in [-0.15, -0.1) is 0 Å². The van der Waals surface area contributed by atoms with Crippen LogP contribution in [0.15, 0.2) is 0 Å². The first-order valence-electron chi connectivity index (χ1n) is 28.3. The molecule has 0 heterocycles. The Kier molecular flexibility index (Phi) is 42.5. The molecule has 6 N–H and O–H groups in total. The summed E-state index contributed by atoms with van der Waals surface area (Å²) in [6.07, 6.45) is 35.8. The molecule has 0 aromatic carbocycles. The van der Waals surface area contributed by atoms with Gasteiger partial charge in [-0.05, 0) is 12.8 Å². The zero-order valence-electron chi connectivity index (χ0n) is 43.4. The van der Waals surface area contributed by atoms with Crippen LogP contribution in [0.5, 0.6) is 0 Å². The normalized spacial score (nSPS) is 20.9. The maximum atomic E-state index is 12.9. The van der Waals surface area contributed by atoms with Crippen molar-refractivity contribution in [1.82, 2.24) is 0 Å². The molecule has 0 amide bonds. The van der Waals surface area contributed by atoms with Crippen molar-refractivity contribution in [2.24, 2.45) is 0 Å². The van der Waals surface area contributed by atoms with Gasteiger partial charge in [0.2, 0.25) is 0 Å². The van der Waals surface area contributed by atoms with Crippen molar-refractivity contribution in [2.45, 2.75) is 320 Å². The molecule has 0 aliphatic heterocycles. The first kappa shape index (κ1) is 64.9. The number of rotatable bonds is 49. The van der Waals surface area contributed by atoms with Crippen molar-refractivity contribution < 1.29 is 63.1 Å². The minimum atomic E-state index is -5.12. The first-order chi connectivity index (χ1) is 32.9. The number of hydrogen-bond acceptors (Lipinski definition) is 12. The lowest BCUT2D eigenvalue weighted by molar-refractivity contribution is -0.220. The summed E-state index contributed by atoms with van der Waals surface area (Å²) in [7, 11) is -5.12. The van der Waals surface area contributed by atoms with Crippen LogP contribution in [-0.4, -0.2) is 98.3 Å². The number of ether oxygens (including phenoxy) is 2. The predicted octanol–water partition coefficient (Wildman–Crippen LogP) is 12.8. The third-order valence-corrected chi connectivity index (χ3v) is 14.7. The van der Waals surface area contributed by atoms with E-state index in [0.29, 0.717) is 12.8 Å². The molecular weight excluding hydrogens is 888 g/mol. The van der Waals surface area contributed by atoms with Gasteiger partial charge in [0.25, 0.3) is 0 Å². The van der Waals surface area contributed by atoms with Crippen LogP contribution in [0.3, 0.4) is 0 Å². The molecule has 6 unspecified atom stereocenters. The molecule has 13 nitrogen and oxygen atoms in total. The van der Waals surface area contributed by atoms with E-state index in [1.54, 1.807) is 0 Å². The van der Waals surface area contributed by atoms with Crippen molar-refractivity contribution in [3.8, 4) is 0 Å². The zero-order valence-corrected chi connectivity index (χ0v) is 44.3. The van der Waals surface area contributed by atoms with E-state index in [4.69, 9.17) is 18.5 Å². The summed E-state index contributed by atoms with van der Waals surface area (Å²) >= 11 is 0. The Balaban J connectivity index is 2.33. The summed E-state index contributed by atoms with van der Waals surface area (Å²) in [4.78, 5) is 35.9. The molecule has 1 aliphatic rings. The number of unbranched alkanes of at least 4 members (excludes halogenated alkanes) is 37. The lowest BCUT2D eigenvalue weighted by Crippen LogP contribution is -2.64. The summed E-state index contributed by atoms with van der Waals surface area (Å²) in [5.74, 6) is -1.08. The minimum Gasteiger partial charge on any atom is -0.462 e. The van der Waals surface area contributed by atoms with Gasteiger partial charge in [-0.1, -0.05) is 251 Å². The third kappa shape index (κ3) is 35.9. The van der Waals surface area contributed by atoms with E-state index < -0.39 is 75.7 Å². The molecule has 8 atom stereocenters. The van der Waals surface area contributed by atoms with Gasteiger partial charge in [0.15, 0.2) is 6.10 Å². The Labute approximate surface area is 414 Å². The monoisotopic (exact) mass is 993 g/mol. The summed E-state index contributed by atoms with van der Waals surface area (Å²) in [5, 5.41) is 50.3. The van der Waals surface area contributed by atoms with Crippen molar-refractivity contribution in [3.63, 3.8) is 0 Å². The second-order valence-electron chi connectivity index (χ2n) is 20.2. The van der Waals surface area contributed by atoms with E-state index >= 15 is 0 Å². The maximum absolute atomic E-state index is 12.9. The van der Waals surface area contributed by atoms with Crippen LogP contribution in [0.4, 0.5) is 0 Å². The summed E-state index contributed by atoms with van der Waals surface area (Å²) in [5.41, 5.74) is 0. The molecule has 0 saturated heterocycles. The Hall–Kier alpha value is -1.15.